The van der Waals surface area contributed by atoms with Crippen LogP contribution in [-0.4, -0.2) is 41.1 Å². The number of hydrogen-bond donors (Lipinski definition) is 2. The molecule has 2 aliphatic rings. The highest BCUT2D eigenvalue weighted by molar-refractivity contribution is 5.98. The summed E-state index contributed by atoms with van der Waals surface area (Å²) in [5, 5.41) is 0. The summed E-state index contributed by atoms with van der Waals surface area (Å²) in [7, 11) is 0. The summed E-state index contributed by atoms with van der Waals surface area (Å²) in [4.78, 5) is 36.6. The minimum absolute atomic E-state index is 0.0763. The third kappa shape index (κ3) is 3.26. The van der Waals surface area contributed by atoms with E-state index in [0.717, 1.165) is 11.0 Å². The first kappa shape index (κ1) is 17.5. The molecular formula is C17H19F2N3O3. The largest absolute Gasteiger partial charge is 0.368 e. The Labute approximate surface area is 143 Å². The van der Waals surface area contributed by atoms with E-state index in [4.69, 9.17) is 11.5 Å². The maximum Gasteiger partial charge on any atom is 0.240 e. The molecule has 6 nitrogen and oxygen atoms in total. The molecule has 4 N–H and O–H groups in total. The normalized spacial score (nSPS) is 23.6. The highest BCUT2D eigenvalue weighted by atomic mass is 19.2. The molecule has 1 aliphatic carbocycles. The number of benzene rings is 1. The van der Waals surface area contributed by atoms with E-state index in [9.17, 15) is 23.2 Å². The molecule has 0 spiro atoms. The number of carbonyl (C=O) groups excluding carboxylic acids is 3. The molecule has 3 rings (SSSR count). The number of nitrogens with zero attached hydrogens (tertiary/aromatic N) is 1. The van der Waals surface area contributed by atoms with Crippen LogP contribution in [0.15, 0.2) is 12.1 Å². The van der Waals surface area contributed by atoms with Gasteiger partial charge < -0.3 is 16.4 Å². The van der Waals surface area contributed by atoms with Crippen molar-refractivity contribution >= 4 is 17.6 Å². The Morgan fingerprint density at radius 1 is 1.28 bits per heavy atom. The highest BCUT2D eigenvalue weighted by Crippen LogP contribution is 2.37. The van der Waals surface area contributed by atoms with Crippen LogP contribution >= 0.6 is 0 Å². The van der Waals surface area contributed by atoms with Crippen molar-refractivity contribution in [1.29, 1.82) is 0 Å². The fourth-order valence-corrected chi connectivity index (χ4v) is 3.74. The van der Waals surface area contributed by atoms with Crippen molar-refractivity contribution in [2.45, 2.75) is 43.7 Å². The van der Waals surface area contributed by atoms with Crippen molar-refractivity contribution in [2.24, 2.45) is 11.5 Å². The van der Waals surface area contributed by atoms with Gasteiger partial charge in [0.1, 0.15) is 6.04 Å². The molecule has 2 unspecified atom stereocenters. The predicted molar refractivity (Wildman–Crippen MR) is 84.3 cm³/mol. The van der Waals surface area contributed by atoms with Gasteiger partial charge in [-0.1, -0.05) is 0 Å². The van der Waals surface area contributed by atoms with Gasteiger partial charge in [0.15, 0.2) is 17.4 Å². The van der Waals surface area contributed by atoms with Crippen LogP contribution in [0.2, 0.25) is 0 Å². The zero-order chi connectivity index (χ0) is 18.3. The molecular weight excluding hydrogens is 332 g/mol. The van der Waals surface area contributed by atoms with Gasteiger partial charge in [-0.05, 0) is 36.1 Å². The highest BCUT2D eigenvalue weighted by Gasteiger charge is 2.39. The second-order valence-electron chi connectivity index (χ2n) is 6.66. The van der Waals surface area contributed by atoms with Gasteiger partial charge >= 0.3 is 0 Å². The Kier molecular flexibility index (Phi) is 4.55. The van der Waals surface area contributed by atoms with E-state index >= 15 is 0 Å². The van der Waals surface area contributed by atoms with Gasteiger partial charge in [0.05, 0.1) is 6.54 Å². The van der Waals surface area contributed by atoms with Crippen LogP contribution in [0.5, 0.6) is 0 Å². The third-order valence-electron chi connectivity index (χ3n) is 5.03. The van der Waals surface area contributed by atoms with E-state index in [0.29, 0.717) is 24.0 Å². The number of Topliss-reactive ketones (excluding diaryl/α,β-unsaturated/α-hetero) is 1. The van der Waals surface area contributed by atoms with E-state index in [2.05, 4.69) is 0 Å². The molecule has 8 heteroatoms. The quantitative estimate of drug-likeness (QED) is 0.817. The molecule has 0 aromatic heterocycles. The maximum absolute atomic E-state index is 13.5. The molecule has 1 heterocycles. The molecule has 1 saturated heterocycles. The number of carbonyl (C=O) groups is 3. The summed E-state index contributed by atoms with van der Waals surface area (Å²) < 4.78 is 26.9. The number of halogens is 2. The molecule has 1 fully saturated rings. The number of primary amides is 1. The fraction of sp³-hybridized carbons (Fsp3) is 0.471. The van der Waals surface area contributed by atoms with Gasteiger partial charge in [-0.3, -0.25) is 14.4 Å². The molecule has 1 aliphatic heterocycles. The van der Waals surface area contributed by atoms with Crippen LogP contribution in [0, 0.1) is 11.6 Å². The van der Waals surface area contributed by atoms with Crippen LogP contribution in [0.25, 0.3) is 0 Å². The van der Waals surface area contributed by atoms with Crippen molar-refractivity contribution < 1.29 is 23.2 Å². The standard InChI is InChI=1S/C17H19F2N3O3/c18-12-3-8-1-2-10(11(8)5-13(12)19)14(20)6-16(24)22-7-9(23)4-15(22)17(21)25/h3,5,10,14-15H,1-2,4,6-7,20H2,(H2,21,25)/t10?,14?,15-/m0/s1. The first-order valence-electron chi connectivity index (χ1n) is 8.11. The lowest BCUT2D eigenvalue weighted by Crippen LogP contribution is -2.46. The molecule has 1 aromatic rings. The van der Waals surface area contributed by atoms with Gasteiger partial charge in [0.25, 0.3) is 0 Å². The summed E-state index contributed by atoms with van der Waals surface area (Å²) in [5.74, 6) is -3.50. The first-order valence-corrected chi connectivity index (χ1v) is 8.11. The Bertz CT molecular complexity index is 753. The van der Waals surface area contributed by atoms with E-state index in [1.54, 1.807) is 0 Å². The number of hydrogen-bond acceptors (Lipinski definition) is 4. The van der Waals surface area contributed by atoms with Crippen LogP contribution in [0.3, 0.4) is 0 Å². The van der Waals surface area contributed by atoms with Crippen molar-refractivity contribution in [3.05, 3.63) is 34.9 Å². The second-order valence-corrected chi connectivity index (χ2v) is 6.66. The zero-order valence-corrected chi connectivity index (χ0v) is 13.5. The molecule has 0 saturated carbocycles. The summed E-state index contributed by atoms with van der Waals surface area (Å²) in [6.07, 6.45) is 0.975. The van der Waals surface area contributed by atoms with Gasteiger partial charge in [-0.25, -0.2) is 8.78 Å². The SMILES string of the molecule is NC(=O)[C@@H]1CC(=O)CN1C(=O)CC(N)C1CCc2cc(F)c(F)cc21. The zero-order valence-electron chi connectivity index (χ0n) is 13.5. The Balaban J connectivity index is 1.72. The Hall–Kier alpha value is -2.35. The van der Waals surface area contributed by atoms with Crippen LogP contribution in [0.4, 0.5) is 8.78 Å². The minimum Gasteiger partial charge on any atom is -0.368 e. The number of nitrogens with two attached hydrogens (primary N) is 2. The van der Waals surface area contributed by atoms with Crippen LogP contribution < -0.4 is 11.5 Å². The van der Waals surface area contributed by atoms with E-state index < -0.39 is 35.5 Å². The van der Waals surface area contributed by atoms with Gasteiger partial charge in [-0.15, -0.1) is 0 Å². The number of likely N-dealkylation sites (tertiary alicyclic amines) is 1. The van der Waals surface area contributed by atoms with Crippen LogP contribution in [-0.2, 0) is 20.8 Å². The van der Waals surface area contributed by atoms with E-state index in [1.165, 1.54) is 6.07 Å². The average Bonchev–Trinajstić information content (AvgIpc) is 3.11. The molecule has 25 heavy (non-hydrogen) atoms. The van der Waals surface area contributed by atoms with Crippen molar-refractivity contribution in [1.82, 2.24) is 4.90 Å². The Morgan fingerprint density at radius 3 is 2.64 bits per heavy atom. The molecule has 2 amide bonds. The fourth-order valence-electron chi connectivity index (χ4n) is 3.74. The van der Waals surface area contributed by atoms with E-state index in [1.807, 2.05) is 0 Å². The smallest absolute Gasteiger partial charge is 0.240 e. The number of ketones is 1. The molecule has 134 valence electrons. The molecule has 0 radical (unpaired) electrons. The van der Waals surface area contributed by atoms with E-state index in [-0.39, 0.29) is 31.1 Å². The Morgan fingerprint density at radius 2 is 1.96 bits per heavy atom. The molecule has 1 aromatic carbocycles. The third-order valence-corrected chi connectivity index (χ3v) is 5.03. The van der Waals surface area contributed by atoms with Gasteiger partial charge in [0.2, 0.25) is 11.8 Å². The number of fused-ring (bicyclic) bond motifs is 1. The summed E-state index contributed by atoms with van der Waals surface area (Å²) in [5.41, 5.74) is 12.7. The lowest BCUT2D eigenvalue weighted by molar-refractivity contribution is -0.138. The number of rotatable bonds is 4. The van der Waals surface area contributed by atoms with Gasteiger partial charge in [-0.2, -0.15) is 0 Å². The van der Waals surface area contributed by atoms with Crippen LogP contribution in [0.1, 0.15) is 36.3 Å². The average molecular weight is 351 g/mol. The lowest BCUT2D eigenvalue weighted by Gasteiger charge is -2.25. The molecule has 0 bridgehead atoms. The lowest BCUT2D eigenvalue weighted by atomic mass is 9.91. The topological polar surface area (TPSA) is 106 Å². The summed E-state index contributed by atoms with van der Waals surface area (Å²) in [6.45, 7) is -0.153. The van der Waals surface area contributed by atoms with Crippen molar-refractivity contribution in [2.75, 3.05) is 6.54 Å². The van der Waals surface area contributed by atoms with Crippen molar-refractivity contribution in [3.8, 4) is 0 Å². The summed E-state index contributed by atoms with van der Waals surface area (Å²) in [6, 6.07) is 0.747. The number of amides is 2. The van der Waals surface area contributed by atoms with Crippen molar-refractivity contribution in [3.63, 3.8) is 0 Å². The maximum atomic E-state index is 13.5. The molecule has 3 atom stereocenters. The monoisotopic (exact) mass is 351 g/mol. The number of aryl methyl sites for hydroxylation is 1. The predicted octanol–water partition coefficient (Wildman–Crippen LogP) is 0.367. The minimum atomic E-state index is -0.942. The summed E-state index contributed by atoms with van der Waals surface area (Å²) >= 11 is 0. The first-order chi connectivity index (χ1) is 11.8. The van der Waals surface area contributed by atoms with Gasteiger partial charge in [0, 0.05) is 24.8 Å². The second kappa shape index (κ2) is 6.51.